The summed E-state index contributed by atoms with van der Waals surface area (Å²) in [7, 11) is 0. The fraction of sp³-hybridized carbons (Fsp3) is 0.188. The van der Waals surface area contributed by atoms with Gasteiger partial charge in [-0.15, -0.1) is 0 Å². The van der Waals surface area contributed by atoms with Gasteiger partial charge in [0.2, 0.25) is 0 Å². The quantitative estimate of drug-likeness (QED) is 0.374. The molecule has 124 valence electrons. The molecular formula is C16H18O7. The van der Waals surface area contributed by atoms with E-state index in [4.69, 9.17) is 20.4 Å². The van der Waals surface area contributed by atoms with E-state index in [1.807, 2.05) is 6.07 Å². The minimum Gasteiger partial charge on any atom is -0.504 e. The van der Waals surface area contributed by atoms with Gasteiger partial charge in [-0.3, -0.25) is 0 Å². The van der Waals surface area contributed by atoms with Crippen molar-refractivity contribution in [3.63, 3.8) is 0 Å². The van der Waals surface area contributed by atoms with Gasteiger partial charge in [0.25, 0.3) is 0 Å². The Balaban J connectivity index is 0.000000231. The zero-order valence-electron chi connectivity index (χ0n) is 12.3. The zero-order chi connectivity index (χ0) is 17.6. The maximum Gasteiger partial charge on any atom is 0.335 e. The first-order valence-electron chi connectivity index (χ1n) is 6.67. The normalized spacial score (nSPS) is 10.6. The second kappa shape index (κ2) is 7.48. The molecule has 7 nitrogen and oxygen atoms in total. The lowest BCUT2D eigenvalue weighted by Crippen LogP contribution is -2.23. The molecule has 0 aliphatic rings. The van der Waals surface area contributed by atoms with Crippen molar-refractivity contribution in [3.05, 3.63) is 53.6 Å². The van der Waals surface area contributed by atoms with Gasteiger partial charge < -0.3 is 30.6 Å². The molecule has 2 rings (SSSR count). The summed E-state index contributed by atoms with van der Waals surface area (Å²) in [5.41, 5.74) is 0.255. The SMILES string of the molecule is CCC(O)(O)c1ccccc1.O=C(O)c1cc(O)c(O)c(O)c1. The van der Waals surface area contributed by atoms with Crippen LogP contribution >= 0.6 is 0 Å². The van der Waals surface area contributed by atoms with Gasteiger partial charge in [0.1, 0.15) is 0 Å². The number of carboxylic acid groups (broad SMARTS) is 1. The first-order valence-corrected chi connectivity index (χ1v) is 6.67. The Morgan fingerprint density at radius 2 is 1.48 bits per heavy atom. The summed E-state index contributed by atoms with van der Waals surface area (Å²) < 4.78 is 0. The number of carbonyl (C=O) groups is 1. The summed E-state index contributed by atoms with van der Waals surface area (Å²) in [5.74, 6) is -5.00. The number of benzene rings is 2. The minimum atomic E-state index is -1.67. The van der Waals surface area contributed by atoms with E-state index < -0.39 is 29.0 Å². The Morgan fingerprint density at radius 3 is 1.87 bits per heavy atom. The molecule has 2 aromatic carbocycles. The molecular weight excluding hydrogens is 304 g/mol. The lowest BCUT2D eigenvalue weighted by molar-refractivity contribution is -0.171. The Morgan fingerprint density at radius 1 is 1.00 bits per heavy atom. The first kappa shape index (κ1) is 18.3. The van der Waals surface area contributed by atoms with Gasteiger partial charge in [0.05, 0.1) is 5.56 Å². The van der Waals surface area contributed by atoms with Crippen LogP contribution < -0.4 is 0 Å². The van der Waals surface area contributed by atoms with Gasteiger partial charge in [-0.05, 0) is 12.1 Å². The number of aromatic carboxylic acids is 1. The van der Waals surface area contributed by atoms with Crippen molar-refractivity contribution in [3.8, 4) is 17.2 Å². The first-order chi connectivity index (χ1) is 10.7. The van der Waals surface area contributed by atoms with Gasteiger partial charge in [0, 0.05) is 12.0 Å². The zero-order valence-corrected chi connectivity index (χ0v) is 12.3. The van der Waals surface area contributed by atoms with Crippen LogP contribution in [-0.2, 0) is 5.79 Å². The summed E-state index contributed by atoms with van der Waals surface area (Å²) in [6.07, 6.45) is 0.303. The molecule has 0 aliphatic heterocycles. The molecule has 6 N–H and O–H groups in total. The number of hydrogen-bond donors (Lipinski definition) is 6. The molecule has 7 heteroatoms. The van der Waals surface area contributed by atoms with Crippen LogP contribution in [0.25, 0.3) is 0 Å². The number of carboxylic acids is 1. The molecule has 0 bridgehead atoms. The van der Waals surface area contributed by atoms with Crippen molar-refractivity contribution < 1.29 is 35.4 Å². The van der Waals surface area contributed by atoms with Crippen molar-refractivity contribution in [2.75, 3.05) is 0 Å². The number of phenols is 3. The third-order valence-corrected chi connectivity index (χ3v) is 3.05. The van der Waals surface area contributed by atoms with Crippen LogP contribution in [0.3, 0.4) is 0 Å². The molecule has 0 unspecified atom stereocenters. The van der Waals surface area contributed by atoms with E-state index in [-0.39, 0.29) is 5.56 Å². The highest BCUT2D eigenvalue weighted by molar-refractivity contribution is 5.89. The Bertz CT molecular complexity index is 642. The Kier molecular flexibility index (Phi) is 5.94. The number of aliphatic hydroxyl groups is 2. The van der Waals surface area contributed by atoms with Gasteiger partial charge >= 0.3 is 5.97 Å². The molecule has 0 spiro atoms. The van der Waals surface area contributed by atoms with Crippen LogP contribution in [-0.4, -0.2) is 36.6 Å². The molecule has 0 aromatic heterocycles. The highest BCUT2D eigenvalue weighted by Gasteiger charge is 2.21. The minimum absolute atomic E-state index is 0.289. The van der Waals surface area contributed by atoms with E-state index in [9.17, 15) is 15.0 Å². The monoisotopic (exact) mass is 322 g/mol. The van der Waals surface area contributed by atoms with Crippen molar-refractivity contribution in [1.29, 1.82) is 0 Å². The van der Waals surface area contributed by atoms with E-state index in [2.05, 4.69) is 0 Å². The third kappa shape index (κ3) is 4.87. The maximum atomic E-state index is 10.3. The smallest absolute Gasteiger partial charge is 0.335 e. The summed E-state index contributed by atoms with van der Waals surface area (Å²) in [5, 5.41) is 53.7. The molecule has 0 aliphatic carbocycles. The van der Waals surface area contributed by atoms with Crippen LogP contribution in [0.2, 0.25) is 0 Å². The lowest BCUT2D eigenvalue weighted by Gasteiger charge is -2.19. The predicted molar refractivity (Wildman–Crippen MR) is 81.2 cm³/mol. The summed E-state index contributed by atoms with van der Waals surface area (Å²) >= 11 is 0. The summed E-state index contributed by atoms with van der Waals surface area (Å²) in [6.45, 7) is 1.73. The second-order valence-electron chi connectivity index (χ2n) is 4.70. The Hall–Kier alpha value is -2.77. The summed E-state index contributed by atoms with van der Waals surface area (Å²) in [6, 6.07) is 10.5. The molecule has 0 heterocycles. The van der Waals surface area contributed by atoms with E-state index in [0.717, 1.165) is 12.1 Å². The molecule has 0 radical (unpaired) electrons. The molecule has 23 heavy (non-hydrogen) atoms. The van der Waals surface area contributed by atoms with Gasteiger partial charge in [-0.2, -0.15) is 0 Å². The summed E-state index contributed by atoms with van der Waals surface area (Å²) in [4.78, 5) is 10.3. The highest BCUT2D eigenvalue weighted by atomic mass is 16.5. The van der Waals surface area contributed by atoms with E-state index in [1.165, 1.54) is 0 Å². The number of hydrogen-bond acceptors (Lipinski definition) is 6. The van der Waals surface area contributed by atoms with Crippen LogP contribution in [0.1, 0.15) is 29.3 Å². The predicted octanol–water partition coefficient (Wildman–Crippen LogP) is 1.74. The number of rotatable bonds is 3. The Labute approximate surface area is 132 Å². The molecule has 0 fully saturated rings. The topological polar surface area (TPSA) is 138 Å². The van der Waals surface area contributed by atoms with E-state index in [1.54, 1.807) is 31.2 Å². The molecule has 0 saturated carbocycles. The molecule has 2 aromatic rings. The van der Waals surface area contributed by atoms with Crippen LogP contribution in [0.4, 0.5) is 0 Å². The van der Waals surface area contributed by atoms with Crippen molar-refractivity contribution in [2.24, 2.45) is 0 Å². The van der Waals surface area contributed by atoms with Crippen molar-refractivity contribution >= 4 is 5.97 Å². The number of phenolic OH excluding ortho intramolecular Hbond substituents is 3. The standard InChI is InChI=1S/C9H12O2.C7H6O5/c1-2-9(10,11)8-6-4-3-5-7-8;8-4-1-3(7(11)12)2-5(9)6(4)10/h3-7,10-11H,2H2,1H3;1-2,8-10H,(H,11,12). The van der Waals surface area contributed by atoms with Crippen LogP contribution in [0.15, 0.2) is 42.5 Å². The van der Waals surface area contributed by atoms with Gasteiger partial charge in [-0.25, -0.2) is 4.79 Å². The van der Waals surface area contributed by atoms with Crippen molar-refractivity contribution in [2.45, 2.75) is 19.1 Å². The van der Waals surface area contributed by atoms with Crippen molar-refractivity contribution in [1.82, 2.24) is 0 Å². The second-order valence-corrected chi connectivity index (χ2v) is 4.70. The third-order valence-electron chi connectivity index (χ3n) is 3.05. The fourth-order valence-electron chi connectivity index (χ4n) is 1.64. The van der Waals surface area contributed by atoms with E-state index in [0.29, 0.717) is 12.0 Å². The number of aromatic hydroxyl groups is 3. The van der Waals surface area contributed by atoms with Gasteiger partial charge in [0.15, 0.2) is 23.0 Å². The fourth-order valence-corrected chi connectivity index (χ4v) is 1.64. The molecule has 0 amide bonds. The van der Waals surface area contributed by atoms with Crippen LogP contribution in [0, 0.1) is 0 Å². The highest BCUT2D eigenvalue weighted by Crippen LogP contribution is 2.35. The van der Waals surface area contributed by atoms with E-state index >= 15 is 0 Å². The largest absolute Gasteiger partial charge is 0.504 e. The van der Waals surface area contributed by atoms with Gasteiger partial charge in [-0.1, -0.05) is 37.3 Å². The molecule has 0 atom stereocenters. The lowest BCUT2D eigenvalue weighted by atomic mass is 10.0. The van der Waals surface area contributed by atoms with Crippen LogP contribution in [0.5, 0.6) is 17.2 Å². The molecule has 0 saturated heterocycles. The maximum absolute atomic E-state index is 10.3. The average molecular weight is 322 g/mol. The average Bonchev–Trinajstić information content (AvgIpc) is 2.53.